The van der Waals surface area contributed by atoms with Crippen LogP contribution in [0.5, 0.6) is 0 Å². The van der Waals surface area contributed by atoms with E-state index in [4.69, 9.17) is 0 Å². The molecule has 100 valence electrons. The Labute approximate surface area is 119 Å². The fourth-order valence-electron chi connectivity index (χ4n) is 1.79. The summed E-state index contributed by atoms with van der Waals surface area (Å²) in [5.41, 5.74) is 0.901. The second-order valence-electron chi connectivity index (χ2n) is 4.05. The highest BCUT2D eigenvalue weighted by molar-refractivity contribution is 9.10. The first-order valence-corrected chi connectivity index (χ1v) is 6.69. The van der Waals surface area contributed by atoms with Gasteiger partial charge in [-0.25, -0.2) is 9.78 Å². The zero-order valence-corrected chi connectivity index (χ0v) is 11.8. The predicted octanol–water partition coefficient (Wildman–Crippen LogP) is 2.85. The third-order valence-electron chi connectivity index (χ3n) is 2.70. The van der Waals surface area contributed by atoms with E-state index in [1.54, 1.807) is 24.7 Å². The average molecular weight is 324 g/mol. The average Bonchev–Trinajstić information content (AvgIpc) is 2.87. The topological polar surface area (TPSA) is 67.2 Å². The maximum absolute atomic E-state index is 11.2. The van der Waals surface area contributed by atoms with Crippen LogP contribution >= 0.6 is 15.9 Å². The molecule has 6 heteroatoms. The van der Waals surface area contributed by atoms with Crippen molar-refractivity contribution in [2.45, 2.75) is 13.0 Å². The van der Waals surface area contributed by atoms with Crippen LogP contribution in [0.15, 0.2) is 41.4 Å². The Morgan fingerprint density at radius 2 is 2.32 bits per heavy atom. The molecule has 0 aliphatic carbocycles. The highest BCUT2D eigenvalue weighted by Gasteiger charge is 2.13. The van der Waals surface area contributed by atoms with E-state index in [0.29, 0.717) is 16.7 Å². The van der Waals surface area contributed by atoms with Gasteiger partial charge in [-0.2, -0.15) is 0 Å². The van der Waals surface area contributed by atoms with Crippen LogP contribution < -0.4 is 5.32 Å². The highest BCUT2D eigenvalue weighted by Crippen LogP contribution is 2.24. The molecule has 0 unspecified atom stereocenters. The molecule has 5 nitrogen and oxygen atoms in total. The SMILES string of the molecule is O=C(O)c1c(Br)cccc1NCCCn1ccnc1. The maximum atomic E-state index is 11.2. The minimum Gasteiger partial charge on any atom is -0.478 e. The summed E-state index contributed by atoms with van der Waals surface area (Å²) >= 11 is 3.25. The van der Waals surface area contributed by atoms with E-state index in [-0.39, 0.29) is 5.56 Å². The van der Waals surface area contributed by atoms with Crippen molar-refractivity contribution >= 4 is 27.6 Å². The molecule has 0 amide bonds. The normalized spacial score (nSPS) is 10.4. The fraction of sp³-hybridized carbons (Fsp3) is 0.231. The summed E-state index contributed by atoms with van der Waals surface area (Å²) in [5, 5.41) is 12.3. The second-order valence-corrected chi connectivity index (χ2v) is 4.90. The second kappa shape index (κ2) is 6.38. The molecule has 1 aromatic heterocycles. The Balaban J connectivity index is 1.92. The van der Waals surface area contributed by atoms with Gasteiger partial charge in [0.05, 0.1) is 11.9 Å². The number of carboxylic acid groups (broad SMARTS) is 1. The van der Waals surface area contributed by atoms with Crippen molar-refractivity contribution in [3.05, 3.63) is 47.0 Å². The van der Waals surface area contributed by atoms with E-state index < -0.39 is 5.97 Å². The van der Waals surface area contributed by atoms with E-state index in [0.717, 1.165) is 13.0 Å². The summed E-state index contributed by atoms with van der Waals surface area (Å²) in [5.74, 6) is -0.940. The number of hydrogen-bond acceptors (Lipinski definition) is 3. The van der Waals surface area contributed by atoms with Crippen molar-refractivity contribution in [2.24, 2.45) is 0 Å². The summed E-state index contributed by atoms with van der Waals surface area (Å²) in [6, 6.07) is 5.31. The molecule has 2 aromatic rings. The van der Waals surface area contributed by atoms with Crippen LogP contribution in [-0.2, 0) is 6.54 Å². The lowest BCUT2D eigenvalue weighted by Crippen LogP contribution is -2.10. The molecule has 0 radical (unpaired) electrons. The Bertz CT molecular complexity index is 555. The number of aryl methyl sites for hydroxylation is 1. The van der Waals surface area contributed by atoms with Gasteiger partial charge >= 0.3 is 5.97 Å². The van der Waals surface area contributed by atoms with Crippen LogP contribution in [0.4, 0.5) is 5.69 Å². The molecule has 2 N–H and O–H groups in total. The minimum atomic E-state index is -0.940. The van der Waals surface area contributed by atoms with Gasteiger partial charge in [0.15, 0.2) is 0 Å². The lowest BCUT2D eigenvalue weighted by atomic mass is 10.2. The van der Waals surface area contributed by atoms with Gasteiger partial charge in [0.2, 0.25) is 0 Å². The number of nitrogens with zero attached hydrogens (tertiary/aromatic N) is 2. The van der Waals surface area contributed by atoms with Crippen LogP contribution in [-0.4, -0.2) is 27.2 Å². The molecular formula is C13H14BrN3O2. The third-order valence-corrected chi connectivity index (χ3v) is 3.36. The van der Waals surface area contributed by atoms with Gasteiger partial charge < -0.3 is 15.0 Å². The Kier molecular flexibility index (Phi) is 4.57. The summed E-state index contributed by atoms with van der Waals surface area (Å²) in [6.07, 6.45) is 6.30. The molecule has 0 spiro atoms. The molecule has 1 aromatic carbocycles. The molecule has 0 atom stereocenters. The molecule has 2 rings (SSSR count). The lowest BCUT2D eigenvalue weighted by Gasteiger charge is -2.11. The van der Waals surface area contributed by atoms with Crippen LogP contribution in [0.2, 0.25) is 0 Å². The van der Waals surface area contributed by atoms with Crippen LogP contribution in [0, 0.1) is 0 Å². The van der Waals surface area contributed by atoms with Crippen molar-refractivity contribution in [3.63, 3.8) is 0 Å². The summed E-state index contributed by atoms with van der Waals surface area (Å²) in [6.45, 7) is 1.55. The van der Waals surface area contributed by atoms with Crippen LogP contribution in [0.1, 0.15) is 16.8 Å². The van der Waals surface area contributed by atoms with Gasteiger partial charge in [0.25, 0.3) is 0 Å². The third kappa shape index (κ3) is 3.57. The standard InChI is InChI=1S/C13H14BrN3O2/c14-10-3-1-4-11(12(10)13(18)19)16-5-2-7-17-8-6-15-9-17/h1,3-4,6,8-9,16H,2,5,7H2,(H,18,19). The number of hydrogen-bond donors (Lipinski definition) is 2. The van der Waals surface area contributed by atoms with Crippen LogP contribution in [0.3, 0.4) is 0 Å². The first kappa shape index (κ1) is 13.6. The number of benzene rings is 1. The highest BCUT2D eigenvalue weighted by atomic mass is 79.9. The van der Waals surface area contributed by atoms with Gasteiger partial charge in [0, 0.05) is 35.6 Å². The summed E-state index contributed by atoms with van der Waals surface area (Å²) < 4.78 is 2.57. The fourth-order valence-corrected chi connectivity index (χ4v) is 2.33. The number of carbonyl (C=O) groups is 1. The monoisotopic (exact) mass is 323 g/mol. The predicted molar refractivity (Wildman–Crippen MR) is 76.4 cm³/mol. The quantitative estimate of drug-likeness (QED) is 0.802. The first-order chi connectivity index (χ1) is 9.18. The van der Waals surface area contributed by atoms with E-state index in [2.05, 4.69) is 26.2 Å². The molecule has 0 saturated heterocycles. The van der Waals surface area contributed by atoms with E-state index in [9.17, 15) is 9.90 Å². The van der Waals surface area contributed by atoms with Crippen molar-refractivity contribution in [2.75, 3.05) is 11.9 Å². The number of aromatic nitrogens is 2. The van der Waals surface area contributed by atoms with Crippen molar-refractivity contribution in [1.29, 1.82) is 0 Å². The van der Waals surface area contributed by atoms with E-state index in [1.807, 2.05) is 16.8 Å². The number of aromatic carboxylic acids is 1. The zero-order valence-electron chi connectivity index (χ0n) is 10.2. The molecule has 0 aliphatic rings. The zero-order chi connectivity index (χ0) is 13.7. The molecular weight excluding hydrogens is 310 g/mol. The van der Waals surface area contributed by atoms with Gasteiger partial charge in [-0.05, 0) is 34.5 Å². The van der Waals surface area contributed by atoms with Gasteiger partial charge in [-0.1, -0.05) is 6.07 Å². The number of nitrogens with one attached hydrogen (secondary N) is 1. The van der Waals surface area contributed by atoms with Crippen molar-refractivity contribution in [1.82, 2.24) is 9.55 Å². The Morgan fingerprint density at radius 1 is 1.47 bits per heavy atom. The first-order valence-electron chi connectivity index (χ1n) is 5.90. The number of halogens is 1. The molecule has 0 saturated carbocycles. The Hall–Kier alpha value is -1.82. The minimum absolute atomic E-state index is 0.269. The van der Waals surface area contributed by atoms with Crippen molar-refractivity contribution < 1.29 is 9.90 Å². The van der Waals surface area contributed by atoms with E-state index >= 15 is 0 Å². The number of imidazole rings is 1. The number of anilines is 1. The number of carboxylic acids is 1. The van der Waals surface area contributed by atoms with Gasteiger partial charge in [0.1, 0.15) is 0 Å². The van der Waals surface area contributed by atoms with Gasteiger partial charge in [-0.3, -0.25) is 0 Å². The summed E-state index contributed by atoms with van der Waals surface area (Å²) in [7, 11) is 0. The number of rotatable bonds is 6. The smallest absolute Gasteiger partial charge is 0.338 e. The van der Waals surface area contributed by atoms with Gasteiger partial charge in [-0.15, -0.1) is 0 Å². The Morgan fingerprint density at radius 3 is 3.00 bits per heavy atom. The molecule has 1 heterocycles. The largest absolute Gasteiger partial charge is 0.478 e. The maximum Gasteiger partial charge on any atom is 0.338 e. The summed E-state index contributed by atoms with van der Waals surface area (Å²) in [4.78, 5) is 15.1. The van der Waals surface area contributed by atoms with E-state index in [1.165, 1.54) is 0 Å². The molecule has 0 bridgehead atoms. The molecule has 19 heavy (non-hydrogen) atoms. The van der Waals surface area contributed by atoms with Crippen LogP contribution in [0.25, 0.3) is 0 Å². The molecule has 0 fully saturated rings. The molecule has 0 aliphatic heterocycles. The lowest BCUT2D eigenvalue weighted by molar-refractivity contribution is 0.0697. The van der Waals surface area contributed by atoms with Crippen molar-refractivity contribution in [3.8, 4) is 0 Å².